The van der Waals surface area contributed by atoms with Gasteiger partial charge in [0, 0.05) is 24.3 Å². The van der Waals surface area contributed by atoms with E-state index in [4.69, 9.17) is 4.74 Å². The van der Waals surface area contributed by atoms with Crippen molar-refractivity contribution in [2.45, 2.75) is 12.8 Å². The first-order valence-corrected chi connectivity index (χ1v) is 6.15. The first-order valence-electron chi connectivity index (χ1n) is 4.18. The van der Waals surface area contributed by atoms with Crippen molar-refractivity contribution in [1.82, 2.24) is 0 Å². The molecule has 0 saturated carbocycles. The molecule has 0 aliphatic carbocycles. The molecular weight excluding hydrogens is 208 g/mol. The minimum atomic E-state index is 0.0967. The molecule has 1 saturated heterocycles. The molecule has 0 spiro atoms. The van der Waals surface area contributed by atoms with E-state index in [0.717, 1.165) is 0 Å². The van der Waals surface area contributed by atoms with Crippen LogP contribution >= 0.6 is 23.5 Å². The lowest BCUT2D eigenvalue weighted by Crippen LogP contribution is -2.02. The van der Waals surface area contributed by atoms with Gasteiger partial charge in [0.2, 0.25) is 0 Å². The van der Waals surface area contributed by atoms with Gasteiger partial charge < -0.3 is 4.74 Å². The Morgan fingerprint density at radius 3 is 1.85 bits per heavy atom. The molecule has 0 N–H and O–H groups in total. The summed E-state index contributed by atoms with van der Waals surface area (Å²) in [6.45, 7) is 1.20. The number of carbonyl (C=O) groups excluding carboxylic acids is 2. The quantitative estimate of drug-likeness (QED) is 0.616. The van der Waals surface area contributed by atoms with Gasteiger partial charge in [-0.05, 0) is 0 Å². The molecule has 0 atom stereocenters. The molecule has 0 aromatic heterocycles. The van der Waals surface area contributed by atoms with Crippen LogP contribution in [0, 0.1) is 0 Å². The lowest BCUT2D eigenvalue weighted by molar-refractivity contribution is -0.115. The smallest absolute Gasteiger partial charge is 0.189 e. The van der Waals surface area contributed by atoms with Crippen LogP contribution < -0.4 is 0 Å². The highest BCUT2D eigenvalue weighted by Gasteiger charge is 2.09. The fourth-order valence-corrected chi connectivity index (χ4v) is 2.23. The van der Waals surface area contributed by atoms with Crippen LogP contribution in [0.15, 0.2) is 0 Å². The Kier molecular flexibility index (Phi) is 5.50. The summed E-state index contributed by atoms with van der Waals surface area (Å²) in [5.74, 6) is 1.41. The predicted molar refractivity (Wildman–Crippen MR) is 55.0 cm³/mol. The van der Waals surface area contributed by atoms with Gasteiger partial charge in [0.1, 0.15) is 0 Å². The largest absolute Gasteiger partial charge is 0.380 e. The molecule has 5 heteroatoms. The summed E-state index contributed by atoms with van der Waals surface area (Å²) in [4.78, 5) is 22.2. The third-order valence-electron chi connectivity index (χ3n) is 1.51. The highest BCUT2D eigenvalue weighted by atomic mass is 32.2. The Morgan fingerprint density at radius 2 is 1.38 bits per heavy atom. The number of carbonyl (C=O) groups is 2. The zero-order valence-electron chi connectivity index (χ0n) is 7.28. The van der Waals surface area contributed by atoms with Crippen molar-refractivity contribution < 1.29 is 14.3 Å². The first-order chi connectivity index (χ1) is 6.29. The summed E-state index contributed by atoms with van der Waals surface area (Å²) >= 11 is 2.52. The van der Waals surface area contributed by atoms with Gasteiger partial charge in [-0.2, -0.15) is 0 Å². The zero-order valence-corrected chi connectivity index (χ0v) is 8.92. The summed E-state index contributed by atoms with van der Waals surface area (Å²) in [6, 6.07) is 0. The maximum Gasteiger partial charge on any atom is 0.189 e. The highest BCUT2D eigenvalue weighted by molar-refractivity contribution is 8.14. The SMILES string of the molecule is O=C1CCC(=O)SCCOCCS1. The van der Waals surface area contributed by atoms with Crippen molar-refractivity contribution in [3.05, 3.63) is 0 Å². The second kappa shape index (κ2) is 6.45. The summed E-state index contributed by atoms with van der Waals surface area (Å²) in [5.41, 5.74) is 0. The Hall–Kier alpha value is -0.0000000000000000555. The van der Waals surface area contributed by atoms with E-state index >= 15 is 0 Å². The van der Waals surface area contributed by atoms with Crippen molar-refractivity contribution in [2.75, 3.05) is 24.7 Å². The number of ether oxygens (including phenoxy) is 1. The van der Waals surface area contributed by atoms with Crippen LogP contribution in [-0.2, 0) is 14.3 Å². The number of hydrogen-bond acceptors (Lipinski definition) is 5. The van der Waals surface area contributed by atoms with Gasteiger partial charge in [0.15, 0.2) is 10.2 Å². The Labute approximate surface area is 86.0 Å². The van der Waals surface area contributed by atoms with E-state index in [-0.39, 0.29) is 10.2 Å². The van der Waals surface area contributed by atoms with Gasteiger partial charge in [0.05, 0.1) is 13.2 Å². The maximum absolute atomic E-state index is 11.1. The van der Waals surface area contributed by atoms with Gasteiger partial charge in [-0.25, -0.2) is 0 Å². The standard InChI is InChI=1S/C8H12O3S2/c9-7-1-2-8(10)13-6-4-11-3-5-12-7/h1-6H2. The van der Waals surface area contributed by atoms with Crippen molar-refractivity contribution >= 4 is 33.8 Å². The van der Waals surface area contributed by atoms with Gasteiger partial charge in [-0.15, -0.1) is 0 Å². The van der Waals surface area contributed by atoms with Crippen molar-refractivity contribution in [3.8, 4) is 0 Å². The van der Waals surface area contributed by atoms with Crippen LogP contribution in [0.25, 0.3) is 0 Å². The lowest BCUT2D eigenvalue weighted by atomic mass is 10.4. The van der Waals surface area contributed by atoms with Gasteiger partial charge >= 0.3 is 0 Å². The molecule has 0 amide bonds. The summed E-state index contributed by atoms with van der Waals surface area (Å²) in [7, 11) is 0. The van der Waals surface area contributed by atoms with E-state index in [9.17, 15) is 9.59 Å². The molecule has 3 nitrogen and oxygen atoms in total. The molecule has 0 aromatic rings. The molecule has 74 valence electrons. The Balaban J connectivity index is 2.32. The topological polar surface area (TPSA) is 43.4 Å². The monoisotopic (exact) mass is 220 g/mol. The van der Waals surface area contributed by atoms with Crippen LogP contribution in [0.5, 0.6) is 0 Å². The number of thioether (sulfide) groups is 2. The molecule has 0 bridgehead atoms. The molecule has 1 aliphatic heterocycles. The average molecular weight is 220 g/mol. The fourth-order valence-electron chi connectivity index (χ4n) is 0.879. The van der Waals surface area contributed by atoms with Crippen LogP contribution in [0.3, 0.4) is 0 Å². The van der Waals surface area contributed by atoms with E-state index in [1.54, 1.807) is 0 Å². The minimum absolute atomic E-state index is 0.0967. The zero-order chi connectivity index (χ0) is 9.52. The molecule has 1 heterocycles. The fraction of sp³-hybridized carbons (Fsp3) is 0.750. The summed E-state index contributed by atoms with van der Waals surface area (Å²) in [6.07, 6.45) is 0.743. The Bertz CT molecular complexity index is 174. The van der Waals surface area contributed by atoms with Gasteiger partial charge in [0.25, 0.3) is 0 Å². The van der Waals surface area contributed by atoms with E-state index < -0.39 is 0 Å². The molecular formula is C8H12O3S2. The van der Waals surface area contributed by atoms with Gasteiger partial charge in [-0.3, -0.25) is 9.59 Å². The van der Waals surface area contributed by atoms with Crippen LogP contribution in [0.2, 0.25) is 0 Å². The molecule has 0 unspecified atom stereocenters. The third-order valence-corrected chi connectivity index (χ3v) is 3.31. The average Bonchev–Trinajstić information content (AvgIpc) is 2.15. The van der Waals surface area contributed by atoms with E-state index in [2.05, 4.69) is 0 Å². The minimum Gasteiger partial charge on any atom is -0.380 e. The molecule has 1 fully saturated rings. The number of rotatable bonds is 0. The normalized spacial score (nSPS) is 22.5. The molecule has 0 aromatic carbocycles. The van der Waals surface area contributed by atoms with Crippen LogP contribution in [0.1, 0.15) is 12.8 Å². The Morgan fingerprint density at radius 1 is 0.923 bits per heavy atom. The first kappa shape index (κ1) is 11.1. The molecule has 0 radical (unpaired) electrons. The molecule has 1 rings (SSSR count). The highest BCUT2D eigenvalue weighted by Crippen LogP contribution is 2.13. The van der Waals surface area contributed by atoms with Crippen molar-refractivity contribution in [1.29, 1.82) is 0 Å². The van der Waals surface area contributed by atoms with Crippen LogP contribution in [-0.4, -0.2) is 35.0 Å². The maximum atomic E-state index is 11.1. The summed E-state index contributed by atoms with van der Waals surface area (Å²) in [5, 5.41) is 0.193. The predicted octanol–water partition coefficient (Wildman–Crippen LogP) is 1.32. The second-order valence-electron chi connectivity index (χ2n) is 2.55. The van der Waals surface area contributed by atoms with E-state index in [1.807, 2.05) is 0 Å². The van der Waals surface area contributed by atoms with Crippen molar-refractivity contribution in [3.63, 3.8) is 0 Å². The molecule has 1 aliphatic rings. The summed E-state index contributed by atoms with van der Waals surface area (Å²) < 4.78 is 5.22. The van der Waals surface area contributed by atoms with E-state index in [1.165, 1.54) is 23.5 Å². The third kappa shape index (κ3) is 5.33. The van der Waals surface area contributed by atoms with Gasteiger partial charge in [-0.1, -0.05) is 23.5 Å². The second-order valence-corrected chi connectivity index (χ2v) is 4.86. The molecule has 13 heavy (non-hydrogen) atoms. The number of hydrogen-bond donors (Lipinski definition) is 0. The van der Waals surface area contributed by atoms with Crippen LogP contribution in [0.4, 0.5) is 0 Å². The lowest BCUT2D eigenvalue weighted by Gasteiger charge is -1.99. The van der Waals surface area contributed by atoms with Crippen molar-refractivity contribution in [2.24, 2.45) is 0 Å². The van der Waals surface area contributed by atoms with E-state index in [0.29, 0.717) is 37.6 Å².